The van der Waals surface area contributed by atoms with Crippen molar-refractivity contribution in [1.82, 2.24) is 25.0 Å². The Morgan fingerprint density at radius 3 is 2.81 bits per heavy atom. The molecule has 0 aliphatic carbocycles. The fraction of sp³-hybridized carbons (Fsp3) is 0.286. The van der Waals surface area contributed by atoms with Crippen molar-refractivity contribution in [2.75, 3.05) is 0 Å². The summed E-state index contributed by atoms with van der Waals surface area (Å²) in [7, 11) is 0. The van der Waals surface area contributed by atoms with Gasteiger partial charge >= 0.3 is 0 Å². The smallest absolute Gasteiger partial charge is 0.258 e. The molecule has 0 saturated heterocycles. The minimum atomic E-state index is -0.553. The van der Waals surface area contributed by atoms with Crippen LogP contribution in [0.2, 0.25) is 0 Å². The highest BCUT2D eigenvalue weighted by Gasteiger charge is 2.18. The predicted molar refractivity (Wildman–Crippen MR) is 78.7 cm³/mol. The maximum Gasteiger partial charge on any atom is 0.258 e. The number of H-pyrrole nitrogens is 1. The van der Waals surface area contributed by atoms with Crippen LogP contribution in [0.25, 0.3) is 10.9 Å². The van der Waals surface area contributed by atoms with Gasteiger partial charge in [0.15, 0.2) is 0 Å². The molecule has 0 radical (unpaired) electrons. The van der Waals surface area contributed by atoms with E-state index in [-0.39, 0.29) is 5.56 Å². The van der Waals surface area contributed by atoms with Gasteiger partial charge in [-0.1, -0.05) is 17.3 Å². The molecule has 7 heteroatoms. The lowest BCUT2D eigenvalue weighted by molar-refractivity contribution is 0.533. The summed E-state index contributed by atoms with van der Waals surface area (Å²) in [6.07, 6.45) is 1.76. The van der Waals surface area contributed by atoms with Gasteiger partial charge in [0, 0.05) is 0 Å². The molecule has 0 aliphatic heterocycles. The lowest BCUT2D eigenvalue weighted by Crippen LogP contribution is -2.29. The van der Waals surface area contributed by atoms with Gasteiger partial charge in [0.05, 0.1) is 22.6 Å². The molecule has 3 aromatic rings. The monoisotopic (exact) mass is 284 g/mol. The SMILES string of the molecule is CC(C)(N)c1cn(Cc2nc3ccccc3c(=O)[nH]2)nn1. The minimum absolute atomic E-state index is 0.157. The van der Waals surface area contributed by atoms with Crippen LogP contribution in [-0.4, -0.2) is 25.0 Å². The molecule has 21 heavy (non-hydrogen) atoms. The summed E-state index contributed by atoms with van der Waals surface area (Å²) in [6, 6.07) is 7.22. The number of nitrogens with zero attached hydrogens (tertiary/aromatic N) is 4. The van der Waals surface area contributed by atoms with Gasteiger partial charge < -0.3 is 10.7 Å². The Bertz CT molecular complexity index is 842. The van der Waals surface area contributed by atoms with Gasteiger partial charge in [-0.05, 0) is 26.0 Å². The first-order valence-electron chi connectivity index (χ1n) is 6.61. The molecule has 3 N–H and O–H groups in total. The van der Waals surface area contributed by atoms with Crippen LogP contribution < -0.4 is 11.3 Å². The molecule has 2 aromatic heterocycles. The van der Waals surface area contributed by atoms with Crippen molar-refractivity contribution >= 4 is 10.9 Å². The molecule has 0 aliphatic rings. The van der Waals surface area contributed by atoms with Crippen LogP contribution in [0, 0.1) is 0 Å². The maximum atomic E-state index is 12.0. The number of hydrogen-bond donors (Lipinski definition) is 2. The van der Waals surface area contributed by atoms with Crippen LogP contribution in [0.4, 0.5) is 0 Å². The van der Waals surface area contributed by atoms with Crippen molar-refractivity contribution in [3.8, 4) is 0 Å². The number of benzene rings is 1. The summed E-state index contributed by atoms with van der Waals surface area (Å²) in [5.74, 6) is 0.532. The third-order valence-corrected chi connectivity index (χ3v) is 3.17. The zero-order valence-electron chi connectivity index (χ0n) is 11.9. The van der Waals surface area contributed by atoms with Gasteiger partial charge in [0.1, 0.15) is 18.1 Å². The van der Waals surface area contributed by atoms with Crippen LogP contribution in [0.1, 0.15) is 25.4 Å². The average molecular weight is 284 g/mol. The molecule has 0 bridgehead atoms. The minimum Gasteiger partial charge on any atom is -0.320 e. The first-order valence-corrected chi connectivity index (χ1v) is 6.61. The van der Waals surface area contributed by atoms with Crippen molar-refractivity contribution in [1.29, 1.82) is 0 Å². The Labute approximate surface area is 120 Å². The highest BCUT2D eigenvalue weighted by atomic mass is 16.1. The van der Waals surface area contributed by atoms with E-state index >= 15 is 0 Å². The first kappa shape index (κ1) is 13.4. The molecule has 3 rings (SSSR count). The van der Waals surface area contributed by atoms with Gasteiger partial charge in [0.25, 0.3) is 5.56 Å². The molecule has 0 atom stereocenters. The third-order valence-electron chi connectivity index (χ3n) is 3.17. The number of para-hydroxylation sites is 1. The van der Waals surface area contributed by atoms with Crippen LogP contribution >= 0.6 is 0 Å². The Morgan fingerprint density at radius 1 is 1.33 bits per heavy atom. The van der Waals surface area contributed by atoms with E-state index in [1.54, 1.807) is 16.9 Å². The molecule has 1 aromatic carbocycles. The molecule has 0 fully saturated rings. The lowest BCUT2D eigenvalue weighted by Gasteiger charge is -2.13. The van der Waals surface area contributed by atoms with Crippen molar-refractivity contribution < 1.29 is 0 Å². The van der Waals surface area contributed by atoms with Crippen molar-refractivity contribution in [3.63, 3.8) is 0 Å². The summed E-state index contributed by atoms with van der Waals surface area (Å²) < 4.78 is 1.61. The fourth-order valence-electron chi connectivity index (χ4n) is 2.03. The Kier molecular flexibility index (Phi) is 3.06. The van der Waals surface area contributed by atoms with E-state index in [1.165, 1.54) is 0 Å². The van der Waals surface area contributed by atoms with Crippen molar-refractivity contribution in [3.05, 3.63) is 52.3 Å². The second kappa shape index (κ2) is 4.78. The Morgan fingerprint density at radius 2 is 2.10 bits per heavy atom. The van der Waals surface area contributed by atoms with Crippen LogP contribution in [0.5, 0.6) is 0 Å². The summed E-state index contributed by atoms with van der Waals surface area (Å²) in [5.41, 5.74) is 6.61. The average Bonchev–Trinajstić information content (AvgIpc) is 2.87. The number of fused-ring (bicyclic) bond motifs is 1. The molecule has 0 spiro atoms. The van der Waals surface area contributed by atoms with Crippen molar-refractivity contribution in [2.24, 2.45) is 5.73 Å². The Balaban J connectivity index is 1.95. The molecule has 108 valence electrons. The molecular weight excluding hydrogens is 268 g/mol. The van der Waals surface area contributed by atoms with Gasteiger partial charge in [-0.15, -0.1) is 5.10 Å². The fourth-order valence-corrected chi connectivity index (χ4v) is 2.03. The number of aromatic nitrogens is 5. The highest BCUT2D eigenvalue weighted by molar-refractivity contribution is 5.77. The number of rotatable bonds is 3. The van der Waals surface area contributed by atoms with E-state index in [1.807, 2.05) is 32.0 Å². The van der Waals surface area contributed by atoms with E-state index in [2.05, 4.69) is 20.3 Å². The van der Waals surface area contributed by atoms with Gasteiger partial charge in [0.2, 0.25) is 0 Å². The van der Waals surface area contributed by atoms with E-state index in [0.29, 0.717) is 29.0 Å². The van der Waals surface area contributed by atoms with Gasteiger partial charge in [-0.2, -0.15) is 0 Å². The zero-order valence-corrected chi connectivity index (χ0v) is 11.9. The summed E-state index contributed by atoms with van der Waals surface area (Å²) in [5, 5.41) is 8.62. The highest BCUT2D eigenvalue weighted by Crippen LogP contribution is 2.13. The van der Waals surface area contributed by atoms with Gasteiger partial charge in [-0.3, -0.25) is 4.79 Å². The number of nitrogens with one attached hydrogen (secondary N) is 1. The second-order valence-electron chi connectivity index (χ2n) is 5.55. The van der Waals surface area contributed by atoms with E-state index in [9.17, 15) is 4.79 Å². The molecular formula is C14H16N6O. The topological polar surface area (TPSA) is 102 Å². The predicted octanol–water partition coefficient (Wildman–Crippen LogP) is 0.757. The number of hydrogen-bond acceptors (Lipinski definition) is 5. The second-order valence-corrected chi connectivity index (χ2v) is 5.55. The number of nitrogens with two attached hydrogens (primary N) is 1. The normalized spacial score (nSPS) is 12.0. The van der Waals surface area contributed by atoms with Crippen LogP contribution in [0.3, 0.4) is 0 Å². The molecule has 0 saturated carbocycles. The first-order chi connectivity index (χ1) is 9.93. The molecule has 0 unspecified atom stereocenters. The lowest BCUT2D eigenvalue weighted by atomic mass is 10.0. The molecule has 2 heterocycles. The zero-order chi connectivity index (χ0) is 15.0. The van der Waals surface area contributed by atoms with E-state index in [4.69, 9.17) is 5.73 Å². The summed E-state index contributed by atoms with van der Waals surface area (Å²) >= 11 is 0. The number of aromatic amines is 1. The standard InChI is InChI=1S/C14H16N6O/c1-14(2,15)11-7-20(19-18-11)8-12-16-10-6-4-3-5-9(10)13(21)17-12/h3-7H,8,15H2,1-2H3,(H,16,17,21). The van der Waals surface area contributed by atoms with Crippen molar-refractivity contribution in [2.45, 2.75) is 25.9 Å². The third kappa shape index (κ3) is 2.68. The summed E-state index contributed by atoms with van der Waals surface area (Å²) in [6.45, 7) is 4.05. The summed E-state index contributed by atoms with van der Waals surface area (Å²) in [4.78, 5) is 19.2. The van der Waals surface area contributed by atoms with E-state index in [0.717, 1.165) is 0 Å². The maximum absolute atomic E-state index is 12.0. The largest absolute Gasteiger partial charge is 0.320 e. The Hall–Kier alpha value is -2.54. The van der Waals surface area contributed by atoms with Crippen LogP contribution in [-0.2, 0) is 12.1 Å². The van der Waals surface area contributed by atoms with Crippen LogP contribution in [0.15, 0.2) is 35.3 Å². The quantitative estimate of drug-likeness (QED) is 0.739. The molecule has 7 nitrogen and oxygen atoms in total. The van der Waals surface area contributed by atoms with Gasteiger partial charge in [-0.25, -0.2) is 9.67 Å². The molecule has 0 amide bonds. The van der Waals surface area contributed by atoms with E-state index < -0.39 is 5.54 Å².